The van der Waals surface area contributed by atoms with Crippen molar-refractivity contribution in [3.8, 4) is 0 Å². The van der Waals surface area contributed by atoms with Gasteiger partial charge < -0.3 is 15.4 Å². The molecule has 160 valence electrons. The molecule has 1 atom stereocenters. The van der Waals surface area contributed by atoms with Gasteiger partial charge in [0.05, 0.1) is 5.52 Å². The number of carbonyl (C=O) groups is 1. The van der Waals surface area contributed by atoms with Crippen LogP contribution in [0, 0.1) is 11.8 Å². The molecule has 0 unspecified atom stereocenters. The second-order valence-electron chi connectivity index (χ2n) is 8.45. The average Bonchev–Trinajstić information content (AvgIpc) is 2.79. The van der Waals surface area contributed by atoms with Crippen molar-refractivity contribution in [3.05, 3.63) is 65.3 Å². The second kappa shape index (κ2) is 9.39. The maximum Gasteiger partial charge on any atom is 0.488 e. The van der Waals surface area contributed by atoms with E-state index in [1.165, 1.54) is 5.56 Å². The molecular weight excluding hydrogens is 411 g/mol. The van der Waals surface area contributed by atoms with Gasteiger partial charge in [-0.3, -0.25) is 9.78 Å². The zero-order valence-electron chi connectivity index (χ0n) is 17.5. The van der Waals surface area contributed by atoms with Gasteiger partial charge in [0.2, 0.25) is 5.91 Å². The Labute approximate surface area is 187 Å². The summed E-state index contributed by atoms with van der Waals surface area (Å²) in [4.78, 5) is 17.1. The maximum atomic E-state index is 12.7. The third-order valence-electron chi connectivity index (χ3n) is 6.54. The van der Waals surface area contributed by atoms with E-state index in [4.69, 9.17) is 11.6 Å². The van der Waals surface area contributed by atoms with Crippen molar-refractivity contribution in [2.75, 3.05) is 5.32 Å². The van der Waals surface area contributed by atoms with Crippen molar-refractivity contribution in [2.45, 2.75) is 38.5 Å². The number of carbonyl (C=O) groups excluding carboxylic acids is 1. The summed E-state index contributed by atoms with van der Waals surface area (Å²) < 4.78 is 0. The summed E-state index contributed by atoms with van der Waals surface area (Å²) >= 11 is 5.92. The average molecular weight is 437 g/mol. The van der Waals surface area contributed by atoms with Gasteiger partial charge in [0, 0.05) is 28.2 Å². The van der Waals surface area contributed by atoms with Crippen LogP contribution in [-0.2, 0) is 4.79 Å². The standard InChI is InChI=1S/C24H26BClN2O3/c1-15(24(29)28-20-9-7-19(26)8-10-20)16-2-4-17(5-3-16)21-12-13-27-23-11-6-18(25(30)31)14-22(21)23/h6-17,30-31H,2-5H2,1H3,(H,28,29)/t15-,16?,17?/m1/s1. The number of pyridine rings is 1. The smallest absolute Gasteiger partial charge is 0.423 e. The number of anilines is 1. The van der Waals surface area contributed by atoms with Gasteiger partial charge in [-0.2, -0.15) is 0 Å². The molecule has 1 aliphatic carbocycles. The normalized spacial score (nSPS) is 19.7. The Morgan fingerprint density at radius 3 is 2.48 bits per heavy atom. The number of rotatable bonds is 5. The zero-order valence-corrected chi connectivity index (χ0v) is 18.2. The molecule has 3 aromatic rings. The van der Waals surface area contributed by atoms with Crippen molar-refractivity contribution in [1.29, 1.82) is 0 Å². The van der Waals surface area contributed by atoms with Crippen LogP contribution in [0.5, 0.6) is 0 Å². The minimum atomic E-state index is -1.49. The highest BCUT2D eigenvalue weighted by atomic mass is 35.5. The molecule has 31 heavy (non-hydrogen) atoms. The summed E-state index contributed by atoms with van der Waals surface area (Å²) in [5.74, 6) is 0.689. The van der Waals surface area contributed by atoms with Crippen LogP contribution in [-0.4, -0.2) is 28.1 Å². The van der Waals surface area contributed by atoms with E-state index in [0.29, 0.717) is 22.3 Å². The fraction of sp³-hybridized carbons (Fsp3) is 0.333. The zero-order chi connectivity index (χ0) is 22.0. The molecule has 0 bridgehead atoms. The summed E-state index contributed by atoms with van der Waals surface area (Å²) in [6.45, 7) is 2.01. The number of nitrogens with zero attached hydrogens (tertiary/aromatic N) is 1. The van der Waals surface area contributed by atoms with Crippen LogP contribution in [0.3, 0.4) is 0 Å². The quantitative estimate of drug-likeness (QED) is 0.526. The molecule has 0 aliphatic heterocycles. The van der Waals surface area contributed by atoms with E-state index in [0.717, 1.165) is 42.3 Å². The maximum absolute atomic E-state index is 12.7. The molecule has 3 N–H and O–H groups in total. The predicted octanol–water partition coefficient (Wildman–Crippen LogP) is 4.12. The van der Waals surface area contributed by atoms with Crippen molar-refractivity contribution in [3.63, 3.8) is 0 Å². The Morgan fingerprint density at radius 2 is 1.81 bits per heavy atom. The number of halogens is 1. The van der Waals surface area contributed by atoms with Crippen LogP contribution in [0.2, 0.25) is 5.02 Å². The van der Waals surface area contributed by atoms with Crippen molar-refractivity contribution in [1.82, 2.24) is 4.98 Å². The van der Waals surface area contributed by atoms with Gasteiger partial charge in [0.25, 0.3) is 0 Å². The second-order valence-corrected chi connectivity index (χ2v) is 8.88. The van der Waals surface area contributed by atoms with Gasteiger partial charge in [-0.25, -0.2) is 0 Å². The molecule has 1 aliphatic rings. The van der Waals surface area contributed by atoms with Crippen molar-refractivity contribution in [2.24, 2.45) is 11.8 Å². The summed E-state index contributed by atoms with van der Waals surface area (Å²) in [5, 5.41) is 23.7. The number of benzene rings is 2. The summed E-state index contributed by atoms with van der Waals surface area (Å²) in [6, 6.07) is 14.6. The molecule has 1 fully saturated rings. The SMILES string of the molecule is C[C@@H](C(=O)Nc1ccc(Cl)cc1)C1CCC(c2ccnc3ccc(B(O)O)cc23)CC1. The summed E-state index contributed by atoms with van der Waals surface area (Å²) in [7, 11) is -1.49. The first-order chi connectivity index (χ1) is 14.9. The van der Waals surface area contributed by atoms with Gasteiger partial charge >= 0.3 is 7.12 Å². The fourth-order valence-electron chi connectivity index (χ4n) is 4.64. The van der Waals surface area contributed by atoms with Gasteiger partial charge in [0.15, 0.2) is 0 Å². The Balaban J connectivity index is 1.43. The van der Waals surface area contributed by atoms with Crippen LogP contribution in [0.1, 0.15) is 44.1 Å². The highest BCUT2D eigenvalue weighted by molar-refractivity contribution is 6.58. The summed E-state index contributed by atoms with van der Waals surface area (Å²) in [5.41, 5.74) is 3.30. The predicted molar refractivity (Wildman–Crippen MR) is 126 cm³/mol. The van der Waals surface area contributed by atoms with E-state index in [-0.39, 0.29) is 11.8 Å². The number of fused-ring (bicyclic) bond motifs is 1. The number of hydrogen-bond donors (Lipinski definition) is 3. The monoisotopic (exact) mass is 436 g/mol. The Kier molecular flexibility index (Phi) is 6.61. The van der Waals surface area contributed by atoms with Gasteiger partial charge in [-0.15, -0.1) is 0 Å². The van der Waals surface area contributed by atoms with E-state index < -0.39 is 7.12 Å². The van der Waals surface area contributed by atoms with E-state index in [9.17, 15) is 14.8 Å². The third-order valence-corrected chi connectivity index (χ3v) is 6.79. The van der Waals surface area contributed by atoms with Gasteiger partial charge in [-0.1, -0.05) is 30.7 Å². The van der Waals surface area contributed by atoms with Crippen molar-refractivity contribution < 1.29 is 14.8 Å². The van der Waals surface area contributed by atoms with Crippen LogP contribution in [0.4, 0.5) is 5.69 Å². The first-order valence-corrected chi connectivity index (χ1v) is 11.1. The van der Waals surface area contributed by atoms with E-state index >= 15 is 0 Å². The lowest BCUT2D eigenvalue weighted by atomic mass is 9.73. The number of amides is 1. The number of hydrogen-bond acceptors (Lipinski definition) is 4. The molecule has 1 heterocycles. The molecule has 1 aromatic heterocycles. The molecule has 0 spiro atoms. The molecule has 0 radical (unpaired) electrons. The molecule has 7 heteroatoms. The Morgan fingerprint density at radius 1 is 1.10 bits per heavy atom. The molecule has 1 saturated carbocycles. The minimum absolute atomic E-state index is 0.0432. The number of nitrogens with one attached hydrogen (secondary N) is 1. The van der Waals surface area contributed by atoms with Crippen molar-refractivity contribution >= 4 is 46.7 Å². The van der Waals surface area contributed by atoms with E-state index in [2.05, 4.69) is 10.3 Å². The van der Waals surface area contributed by atoms with Crippen LogP contribution in [0.25, 0.3) is 10.9 Å². The molecule has 0 saturated heterocycles. The molecule has 2 aromatic carbocycles. The first-order valence-electron chi connectivity index (χ1n) is 10.7. The van der Waals surface area contributed by atoms with E-state index in [1.54, 1.807) is 18.2 Å². The van der Waals surface area contributed by atoms with Gasteiger partial charge in [0.1, 0.15) is 0 Å². The van der Waals surface area contributed by atoms with Gasteiger partial charge in [-0.05, 0) is 84.9 Å². The fourth-order valence-corrected chi connectivity index (χ4v) is 4.76. The lowest BCUT2D eigenvalue weighted by molar-refractivity contribution is -0.121. The highest BCUT2D eigenvalue weighted by Crippen LogP contribution is 2.40. The number of aromatic nitrogens is 1. The first kappa shape index (κ1) is 21.8. The van der Waals surface area contributed by atoms with Crippen LogP contribution in [0.15, 0.2) is 54.7 Å². The topological polar surface area (TPSA) is 82.5 Å². The molecular formula is C24H26BClN2O3. The Bertz CT molecular complexity index is 1070. The molecule has 5 nitrogen and oxygen atoms in total. The highest BCUT2D eigenvalue weighted by Gasteiger charge is 2.30. The molecule has 1 amide bonds. The lowest BCUT2D eigenvalue weighted by Crippen LogP contribution is -2.30. The third kappa shape index (κ3) is 4.92. The van der Waals surface area contributed by atoms with E-state index in [1.807, 2.05) is 43.5 Å². The van der Waals surface area contributed by atoms with Crippen LogP contribution < -0.4 is 10.8 Å². The Hall–Kier alpha value is -2.41. The molecule has 4 rings (SSSR count). The largest absolute Gasteiger partial charge is 0.488 e. The summed E-state index contributed by atoms with van der Waals surface area (Å²) in [6.07, 6.45) is 5.77. The lowest BCUT2D eigenvalue weighted by Gasteiger charge is -2.32. The minimum Gasteiger partial charge on any atom is -0.423 e. The van der Waals surface area contributed by atoms with Crippen LogP contribution >= 0.6 is 11.6 Å².